The molecule has 1 aliphatic heterocycles. The highest BCUT2D eigenvalue weighted by Crippen LogP contribution is 2.40. The van der Waals surface area contributed by atoms with Crippen LogP contribution in [0.25, 0.3) is 6.08 Å². The van der Waals surface area contributed by atoms with Crippen molar-refractivity contribution >= 4 is 29.2 Å². The summed E-state index contributed by atoms with van der Waals surface area (Å²) in [5.41, 5.74) is 1.64. The van der Waals surface area contributed by atoms with Crippen molar-refractivity contribution in [1.29, 1.82) is 0 Å². The molecule has 0 saturated carbocycles. The molecule has 0 spiro atoms. The molecule has 4 rings (SSSR count). The van der Waals surface area contributed by atoms with Crippen LogP contribution in [0.5, 0.6) is 23.0 Å². The minimum Gasteiger partial charge on any atom is -0.493 e. The molecule has 0 aliphatic carbocycles. The summed E-state index contributed by atoms with van der Waals surface area (Å²) in [6.45, 7) is 1.75. The minimum absolute atomic E-state index is 0.154. The summed E-state index contributed by atoms with van der Waals surface area (Å²) >= 11 is 1.30. The molecule has 6 nitrogen and oxygen atoms in total. The Morgan fingerprint density at radius 2 is 1.87 bits per heavy atom. The fraction of sp³-hybridized carbons (Fsp3) is 0.130. The van der Waals surface area contributed by atoms with Crippen molar-refractivity contribution in [2.24, 2.45) is 0 Å². The zero-order chi connectivity index (χ0) is 21.3. The van der Waals surface area contributed by atoms with E-state index >= 15 is 0 Å². The summed E-state index contributed by atoms with van der Waals surface area (Å²) < 4.78 is 22.1. The van der Waals surface area contributed by atoms with Gasteiger partial charge in [0.1, 0.15) is 16.4 Å². The lowest BCUT2D eigenvalue weighted by atomic mass is 10.1. The number of hydrogen-bond acceptors (Lipinski definition) is 7. The molecule has 0 radical (unpaired) electrons. The SMILES string of the molecule is COc1cccc(/C=C2\Oc3c(ccc(OC(=O)c4cccs4)c3C)C2=O)c1OC. The van der Waals surface area contributed by atoms with E-state index in [0.29, 0.717) is 44.6 Å². The summed E-state index contributed by atoms with van der Waals surface area (Å²) in [5.74, 6) is 1.23. The molecule has 30 heavy (non-hydrogen) atoms. The van der Waals surface area contributed by atoms with Gasteiger partial charge in [-0.2, -0.15) is 0 Å². The molecule has 152 valence electrons. The highest BCUT2D eigenvalue weighted by atomic mass is 32.1. The summed E-state index contributed by atoms with van der Waals surface area (Å²) in [7, 11) is 3.08. The Kier molecular flexibility index (Phi) is 5.29. The van der Waals surface area contributed by atoms with Gasteiger partial charge in [0, 0.05) is 11.1 Å². The maximum atomic E-state index is 12.9. The normalized spacial score (nSPS) is 13.7. The van der Waals surface area contributed by atoms with Crippen molar-refractivity contribution in [3.05, 3.63) is 75.2 Å². The number of Topliss-reactive ketones (excluding diaryl/α,β-unsaturated/α-hetero) is 1. The lowest BCUT2D eigenvalue weighted by Crippen LogP contribution is -2.07. The Morgan fingerprint density at radius 3 is 2.57 bits per heavy atom. The largest absolute Gasteiger partial charge is 0.493 e. The van der Waals surface area contributed by atoms with Crippen LogP contribution in [0.4, 0.5) is 0 Å². The molecule has 0 fully saturated rings. The van der Waals surface area contributed by atoms with Crippen LogP contribution >= 0.6 is 11.3 Å². The quantitative estimate of drug-likeness (QED) is 0.331. The highest BCUT2D eigenvalue weighted by molar-refractivity contribution is 7.12. The second kappa shape index (κ2) is 8.04. The van der Waals surface area contributed by atoms with Gasteiger partial charge in [-0.05, 0) is 42.6 Å². The predicted octanol–water partition coefficient (Wildman–Crippen LogP) is 4.91. The molecular formula is C23H18O6S. The Morgan fingerprint density at radius 1 is 1.03 bits per heavy atom. The molecule has 0 atom stereocenters. The van der Waals surface area contributed by atoms with Crippen LogP contribution in [0.15, 0.2) is 53.6 Å². The van der Waals surface area contributed by atoms with Gasteiger partial charge in [-0.25, -0.2) is 4.79 Å². The molecule has 2 aromatic carbocycles. The second-order valence-corrected chi connectivity index (χ2v) is 7.40. The van der Waals surface area contributed by atoms with E-state index in [0.717, 1.165) is 0 Å². The number of rotatable bonds is 5. The van der Waals surface area contributed by atoms with Crippen molar-refractivity contribution < 1.29 is 28.5 Å². The number of methoxy groups -OCH3 is 2. The molecule has 7 heteroatoms. The number of carbonyl (C=O) groups is 2. The Hall–Kier alpha value is -3.58. The van der Waals surface area contributed by atoms with Gasteiger partial charge in [0.15, 0.2) is 17.3 Å². The first-order chi connectivity index (χ1) is 14.5. The number of esters is 1. The lowest BCUT2D eigenvalue weighted by molar-refractivity contribution is 0.0738. The lowest BCUT2D eigenvalue weighted by Gasteiger charge is -2.11. The Bertz CT molecular complexity index is 1160. The van der Waals surface area contributed by atoms with E-state index in [1.54, 1.807) is 68.0 Å². The van der Waals surface area contributed by atoms with Crippen LogP contribution in [-0.4, -0.2) is 26.0 Å². The van der Waals surface area contributed by atoms with Crippen LogP contribution in [-0.2, 0) is 0 Å². The monoisotopic (exact) mass is 422 g/mol. The molecule has 3 aromatic rings. The third-order valence-corrected chi connectivity index (χ3v) is 5.53. The van der Waals surface area contributed by atoms with Crippen molar-refractivity contribution in [2.75, 3.05) is 14.2 Å². The van der Waals surface area contributed by atoms with E-state index in [4.69, 9.17) is 18.9 Å². The van der Waals surface area contributed by atoms with E-state index in [1.165, 1.54) is 18.4 Å². The van der Waals surface area contributed by atoms with E-state index in [2.05, 4.69) is 0 Å². The zero-order valence-electron chi connectivity index (χ0n) is 16.6. The molecule has 0 saturated heterocycles. The maximum absolute atomic E-state index is 12.9. The van der Waals surface area contributed by atoms with Crippen LogP contribution < -0.4 is 18.9 Å². The zero-order valence-corrected chi connectivity index (χ0v) is 17.4. The van der Waals surface area contributed by atoms with Crippen molar-refractivity contribution in [3.63, 3.8) is 0 Å². The van der Waals surface area contributed by atoms with E-state index in [-0.39, 0.29) is 11.5 Å². The van der Waals surface area contributed by atoms with Gasteiger partial charge in [-0.3, -0.25) is 4.79 Å². The maximum Gasteiger partial charge on any atom is 0.353 e. The van der Waals surface area contributed by atoms with Crippen LogP contribution in [0.2, 0.25) is 0 Å². The average Bonchev–Trinajstić information content (AvgIpc) is 3.39. The third-order valence-electron chi connectivity index (χ3n) is 4.68. The summed E-state index contributed by atoms with van der Waals surface area (Å²) in [5, 5.41) is 1.80. The molecular weight excluding hydrogens is 404 g/mol. The van der Waals surface area contributed by atoms with Crippen LogP contribution in [0.3, 0.4) is 0 Å². The smallest absolute Gasteiger partial charge is 0.353 e. The van der Waals surface area contributed by atoms with Gasteiger partial charge < -0.3 is 18.9 Å². The number of fused-ring (bicyclic) bond motifs is 1. The first-order valence-electron chi connectivity index (χ1n) is 9.08. The second-order valence-electron chi connectivity index (χ2n) is 6.45. The van der Waals surface area contributed by atoms with Gasteiger partial charge in [-0.15, -0.1) is 11.3 Å². The van der Waals surface area contributed by atoms with Crippen molar-refractivity contribution in [2.45, 2.75) is 6.92 Å². The van der Waals surface area contributed by atoms with Gasteiger partial charge >= 0.3 is 5.97 Å². The first-order valence-corrected chi connectivity index (χ1v) is 9.96. The number of ether oxygens (including phenoxy) is 4. The predicted molar refractivity (Wildman–Crippen MR) is 113 cm³/mol. The fourth-order valence-electron chi connectivity index (χ4n) is 3.19. The molecule has 1 aromatic heterocycles. The third kappa shape index (κ3) is 3.44. The number of para-hydroxylation sites is 1. The topological polar surface area (TPSA) is 71.1 Å². The Labute approximate surface area is 177 Å². The molecule has 0 N–H and O–H groups in total. The number of benzene rings is 2. The van der Waals surface area contributed by atoms with Gasteiger partial charge in [0.2, 0.25) is 5.78 Å². The first kappa shape index (κ1) is 19.7. The average molecular weight is 422 g/mol. The van der Waals surface area contributed by atoms with Gasteiger partial charge in [0.25, 0.3) is 0 Å². The van der Waals surface area contributed by atoms with Gasteiger partial charge in [0.05, 0.1) is 19.8 Å². The van der Waals surface area contributed by atoms with E-state index in [9.17, 15) is 9.59 Å². The standard InChI is InChI=1S/C23H18O6S/c1-13-16(29-23(25)19-8-5-11-30-19)10-9-15-20(24)18(28-21(13)15)12-14-6-4-7-17(26-2)22(14)27-3/h4-12H,1-3H3/b18-12-. The summed E-state index contributed by atoms with van der Waals surface area (Å²) in [6, 6.07) is 12.1. The molecule has 1 aliphatic rings. The fourth-order valence-corrected chi connectivity index (χ4v) is 3.79. The summed E-state index contributed by atoms with van der Waals surface area (Å²) in [6.07, 6.45) is 1.61. The molecule has 0 unspecified atom stereocenters. The van der Waals surface area contributed by atoms with Gasteiger partial charge in [-0.1, -0.05) is 18.2 Å². The number of ketones is 1. The number of hydrogen-bond donors (Lipinski definition) is 0. The minimum atomic E-state index is -0.450. The summed E-state index contributed by atoms with van der Waals surface area (Å²) in [4.78, 5) is 25.6. The molecule has 2 heterocycles. The number of allylic oxidation sites excluding steroid dienone is 1. The van der Waals surface area contributed by atoms with Crippen LogP contribution in [0, 0.1) is 6.92 Å². The molecule has 0 amide bonds. The van der Waals surface area contributed by atoms with E-state index < -0.39 is 5.97 Å². The number of carbonyl (C=O) groups excluding carboxylic acids is 2. The van der Waals surface area contributed by atoms with Crippen LogP contribution in [0.1, 0.15) is 31.2 Å². The Balaban J connectivity index is 1.66. The molecule has 0 bridgehead atoms. The van der Waals surface area contributed by atoms with Crippen molar-refractivity contribution in [3.8, 4) is 23.0 Å². The van der Waals surface area contributed by atoms with Crippen molar-refractivity contribution in [1.82, 2.24) is 0 Å². The number of thiophene rings is 1. The highest BCUT2D eigenvalue weighted by Gasteiger charge is 2.31. The van der Waals surface area contributed by atoms with E-state index in [1.807, 2.05) is 0 Å².